The van der Waals surface area contributed by atoms with E-state index in [2.05, 4.69) is 68.6 Å². The number of nitrogens with one attached hydrogen (secondary N) is 3. The Kier molecular flexibility index (Phi) is 5.33. The predicted octanol–water partition coefficient (Wildman–Crippen LogP) is 3.28. The third-order valence-corrected chi connectivity index (χ3v) is 7.00. The lowest BCUT2D eigenvalue weighted by atomic mass is 10.00. The second-order valence-corrected chi connectivity index (χ2v) is 9.05. The van der Waals surface area contributed by atoms with E-state index in [-0.39, 0.29) is 24.2 Å². The Hall–Kier alpha value is -2.97. The Morgan fingerprint density at radius 3 is 2.81 bits per heavy atom. The van der Waals surface area contributed by atoms with Crippen LogP contribution in [0.3, 0.4) is 0 Å². The fourth-order valence-electron chi connectivity index (χ4n) is 4.20. The maximum absolute atomic E-state index is 12.4. The standard InChI is InChI=1S/C23H26N6OS/c1-15-8-9-18(12-16(15)2)24-21(30)14-31-23-26-25-22-20-13-19(17-6-4-3-5-7-17)27-29(20)11-10-28(22)23/h3-12,19-20,22,25,27H,13-14H2,1-2H3,(H,24,30). The van der Waals surface area contributed by atoms with Crippen LogP contribution in [0.5, 0.6) is 0 Å². The van der Waals surface area contributed by atoms with Crippen molar-refractivity contribution in [3.05, 3.63) is 77.6 Å². The number of fused-ring (bicyclic) bond motifs is 3. The van der Waals surface area contributed by atoms with Gasteiger partial charge in [0.15, 0.2) is 5.17 Å². The van der Waals surface area contributed by atoms with E-state index in [0.717, 1.165) is 17.3 Å². The molecule has 5 rings (SSSR count). The largest absolute Gasteiger partial charge is 0.325 e. The number of rotatable bonds is 4. The molecule has 7 nitrogen and oxygen atoms in total. The van der Waals surface area contributed by atoms with Crippen molar-refractivity contribution in [1.29, 1.82) is 0 Å². The maximum Gasteiger partial charge on any atom is 0.234 e. The quantitative estimate of drug-likeness (QED) is 0.686. The summed E-state index contributed by atoms with van der Waals surface area (Å²) >= 11 is 1.45. The van der Waals surface area contributed by atoms with Crippen LogP contribution in [0.25, 0.3) is 0 Å². The van der Waals surface area contributed by atoms with E-state index in [1.165, 1.54) is 28.5 Å². The highest BCUT2D eigenvalue weighted by Gasteiger charge is 2.44. The molecule has 3 atom stereocenters. The number of amides is 1. The van der Waals surface area contributed by atoms with E-state index >= 15 is 0 Å². The minimum atomic E-state index is -0.0336. The van der Waals surface area contributed by atoms with Crippen molar-refractivity contribution >= 4 is 28.5 Å². The molecule has 0 saturated carbocycles. The summed E-state index contributed by atoms with van der Waals surface area (Å²) in [6.45, 7) is 4.11. The summed E-state index contributed by atoms with van der Waals surface area (Å²) in [5.74, 6) is 0.276. The number of nitrogens with zero attached hydrogens (tertiary/aromatic N) is 3. The van der Waals surface area contributed by atoms with Crippen molar-refractivity contribution in [3.63, 3.8) is 0 Å². The smallest absolute Gasteiger partial charge is 0.234 e. The van der Waals surface area contributed by atoms with Gasteiger partial charge < -0.3 is 15.2 Å². The van der Waals surface area contributed by atoms with Gasteiger partial charge in [-0.3, -0.25) is 10.2 Å². The number of amidine groups is 1. The molecule has 3 unspecified atom stereocenters. The SMILES string of the molecule is Cc1ccc(NC(=O)CSC2=NNC3C4CC(c5ccccc5)NN4C=CN23)cc1C. The van der Waals surface area contributed by atoms with E-state index < -0.39 is 0 Å². The number of hydrazone groups is 1. The minimum absolute atomic E-state index is 0.0336. The summed E-state index contributed by atoms with van der Waals surface area (Å²) in [6.07, 6.45) is 5.11. The van der Waals surface area contributed by atoms with Gasteiger partial charge in [0.25, 0.3) is 0 Å². The topological polar surface area (TPSA) is 72.0 Å². The second kappa shape index (κ2) is 8.28. The minimum Gasteiger partial charge on any atom is -0.325 e. The van der Waals surface area contributed by atoms with Crippen LogP contribution in [-0.2, 0) is 4.79 Å². The second-order valence-electron chi connectivity index (χ2n) is 8.11. The summed E-state index contributed by atoms with van der Waals surface area (Å²) in [5.41, 5.74) is 11.3. The first-order valence-corrected chi connectivity index (χ1v) is 11.5. The van der Waals surface area contributed by atoms with Gasteiger partial charge in [0, 0.05) is 18.1 Å². The lowest BCUT2D eigenvalue weighted by Gasteiger charge is -2.36. The summed E-state index contributed by atoms with van der Waals surface area (Å²) in [6, 6.07) is 17.0. The van der Waals surface area contributed by atoms with Crippen LogP contribution in [0, 0.1) is 13.8 Å². The molecule has 3 N–H and O–H groups in total. The van der Waals surface area contributed by atoms with Gasteiger partial charge in [0.2, 0.25) is 5.91 Å². The Balaban J connectivity index is 1.18. The third kappa shape index (κ3) is 4.00. The van der Waals surface area contributed by atoms with Crippen molar-refractivity contribution in [2.75, 3.05) is 11.1 Å². The van der Waals surface area contributed by atoms with Crippen LogP contribution < -0.4 is 16.2 Å². The van der Waals surface area contributed by atoms with Crippen molar-refractivity contribution < 1.29 is 4.79 Å². The fourth-order valence-corrected chi connectivity index (χ4v) is 4.97. The molecule has 31 heavy (non-hydrogen) atoms. The number of anilines is 1. The molecule has 0 radical (unpaired) electrons. The van der Waals surface area contributed by atoms with E-state index in [1.54, 1.807) is 0 Å². The zero-order valence-electron chi connectivity index (χ0n) is 17.6. The summed E-state index contributed by atoms with van der Waals surface area (Å²) in [5, 5.41) is 10.5. The molecule has 1 saturated heterocycles. The van der Waals surface area contributed by atoms with Gasteiger partial charge in [-0.2, -0.15) is 5.10 Å². The van der Waals surface area contributed by atoms with E-state index in [9.17, 15) is 4.79 Å². The van der Waals surface area contributed by atoms with Gasteiger partial charge >= 0.3 is 0 Å². The fraction of sp³-hybridized carbons (Fsp3) is 0.304. The molecule has 1 fully saturated rings. The third-order valence-electron chi connectivity index (χ3n) is 6.03. The first-order chi connectivity index (χ1) is 15.1. The molecule has 1 amide bonds. The molecule has 3 aliphatic rings. The number of hydrogen-bond acceptors (Lipinski definition) is 7. The van der Waals surface area contributed by atoms with Gasteiger partial charge in [0.05, 0.1) is 17.8 Å². The van der Waals surface area contributed by atoms with Crippen LogP contribution in [0.15, 0.2) is 66.0 Å². The lowest BCUT2D eigenvalue weighted by Crippen LogP contribution is -2.54. The van der Waals surface area contributed by atoms with Crippen molar-refractivity contribution in [3.8, 4) is 0 Å². The van der Waals surface area contributed by atoms with E-state index in [0.29, 0.717) is 5.75 Å². The number of carbonyl (C=O) groups is 1. The van der Waals surface area contributed by atoms with Crippen LogP contribution in [-0.4, -0.2) is 38.9 Å². The van der Waals surface area contributed by atoms with Crippen LogP contribution in [0.2, 0.25) is 0 Å². The monoisotopic (exact) mass is 434 g/mol. The molecule has 0 spiro atoms. The zero-order valence-corrected chi connectivity index (χ0v) is 18.4. The van der Waals surface area contributed by atoms with Gasteiger partial charge in [0.1, 0.15) is 6.17 Å². The highest BCUT2D eigenvalue weighted by Crippen LogP contribution is 2.35. The van der Waals surface area contributed by atoms with Gasteiger partial charge in [-0.25, -0.2) is 5.43 Å². The van der Waals surface area contributed by atoms with Crippen LogP contribution in [0.4, 0.5) is 5.69 Å². The number of thioether (sulfide) groups is 1. The molecule has 2 aromatic rings. The van der Waals surface area contributed by atoms with Gasteiger partial charge in [-0.15, -0.1) is 0 Å². The molecule has 0 bridgehead atoms. The molecule has 2 aromatic carbocycles. The number of hydrazine groups is 1. The number of hydrogen-bond donors (Lipinski definition) is 3. The summed E-state index contributed by atoms with van der Waals surface area (Å²) in [4.78, 5) is 14.6. The first-order valence-electron chi connectivity index (χ1n) is 10.5. The number of benzene rings is 2. The Morgan fingerprint density at radius 1 is 1.16 bits per heavy atom. The highest BCUT2D eigenvalue weighted by molar-refractivity contribution is 8.14. The number of carbonyl (C=O) groups excluding carboxylic acids is 1. The van der Waals surface area contributed by atoms with Crippen molar-refractivity contribution in [2.45, 2.75) is 38.5 Å². The van der Waals surface area contributed by atoms with Gasteiger partial charge in [-0.1, -0.05) is 48.2 Å². The molecule has 160 valence electrons. The van der Waals surface area contributed by atoms with Crippen molar-refractivity contribution in [2.24, 2.45) is 5.10 Å². The average Bonchev–Trinajstić information content (AvgIpc) is 3.39. The maximum atomic E-state index is 12.4. The normalized spacial score (nSPS) is 23.8. The van der Waals surface area contributed by atoms with E-state index in [1.807, 2.05) is 37.4 Å². The molecular formula is C23H26N6OS. The van der Waals surface area contributed by atoms with Crippen LogP contribution in [0.1, 0.15) is 29.2 Å². The van der Waals surface area contributed by atoms with Crippen LogP contribution >= 0.6 is 11.8 Å². The molecule has 8 heteroatoms. The van der Waals surface area contributed by atoms with Crippen molar-refractivity contribution in [1.82, 2.24) is 20.8 Å². The van der Waals surface area contributed by atoms with Gasteiger partial charge in [-0.05, 0) is 49.1 Å². The Labute approximate surface area is 186 Å². The molecular weight excluding hydrogens is 408 g/mol. The first kappa shape index (κ1) is 20.0. The predicted molar refractivity (Wildman–Crippen MR) is 125 cm³/mol. The lowest BCUT2D eigenvalue weighted by molar-refractivity contribution is -0.113. The molecule has 0 aliphatic carbocycles. The highest BCUT2D eigenvalue weighted by atomic mass is 32.2. The molecule has 0 aromatic heterocycles. The number of aryl methyl sites for hydroxylation is 2. The summed E-state index contributed by atoms with van der Waals surface area (Å²) in [7, 11) is 0. The molecule has 3 aliphatic heterocycles. The Morgan fingerprint density at radius 2 is 2.00 bits per heavy atom. The van der Waals surface area contributed by atoms with E-state index in [4.69, 9.17) is 0 Å². The average molecular weight is 435 g/mol. The molecule has 3 heterocycles. The Bertz CT molecular complexity index is 1040. The zero-order chi connectivity index (χ0) is 21.4. The summed E-state index contributed by atoms with van der Waals surface area (Å²) < 4.78 is 0.